The van der Waals surface area contributed by atoms with Crippen molar-refractivity contribution < 1.29 is 25.1 Å². The van der Waals surface area contributed by atoms with E-state index < -0.39 is 10.2 Å². The summed E-state index contributed by atoms with van der Waals surface area (Å²) in [4.78, 5) is 16.7. The number of fused-ring (bicyclic) bond motifs is 1. The van der Waals surface area contributed by atoms with Gasteiger partial charge in [0.25, 0.3) is 10.2 Å². The van der Waals surface area contributed by atoms with Gasteiger partial charge in [-0.3, -0.25) is 0 Å². The SMILES string of the molecule is O=[N+]([O-])O.O=[N+]([O-])O.c1ccc2oncc2c1. The fraction of sp³-hybridized carbons (Fsp3) is 0. The quantitative estimate of drug-likeness (QED) is 0.517. The van der Waals surface area contributed by atoms with E-state index in [4.69, 9.17) is 35.2 Å². The smallest absolute Gasteiger partial charge is 0.291 e. The number of nitrogens with zero attached hydrogens (tertiary/aromatic N) is 3. The predicted molar refractivity (Wildman–Crippen MR) is 51.6 cm³/mol. The molecule has 0 bridgehead atoms. The van der Waals surface area contributed by atoms with Crippen molar-refractivity contribution in [3.05, 3.63) is 50.7 Å². The van der Waals surface area contributed by atoms with E-state index in [-0.39, 0.29) is 0 Å². The Labute approximate surface area is 92.9 Å². The summed E-state index contributed by atoms with van der Waals surface area (Å²) in [6.45, 7) is 0. The first-order chi connectivity index (χ1) is 7.93. The van der Waals surface area contributed by atoms with Crippen LogP contribution in [0, 0.1) is 20.2 Å². The molecule has 0 saturated heterocycles. The summed E-state index contributed by atoms with van der Waals surface area (Å²) in [7, 11) is 0. The summed E-state index contributed by atoms with van der Waals surface area (Å²) < 4.78 is 4.87. The first-order valence-electron chi connectivity index (χ1n) is 3.89. The van der Waals surface area contributed by atoms with Crippen LogP contribution in [-0.4, -0.2) is 25.7 Å². The van der Waals surface area contributed by atoms with Crippen molar-refractivity contribution in [1.29, 1.82) is 0 Å². The molecule has 0 aliphatic rings. The van der Waals surface area contributed by atoms with Gasteiger partial charge in [0.05, 0.1) is 6.20 Å². The molecule has 1 heterocycles. The highest BCUT2D eigenvalue weighted by Crippen LogP contribution is 2.10. The van der Waals surface area contributed by atoms with E-state index in [1.807, 2.05) is 24.3 Å². The Morgan fingerprint density at radius 1 is 1.12 bits per heavy atom. The molecule has 2 rings (SSSR count). The second kappa shape index (κ2) is 7.39. The van der Waals surface area contributed by atoms with Crippen molar-refractivity contribution in [2.45, 2.75) is 0 Å². The van der Waals surface area contributed by atoms with Gasteiger partial charge in [0, 0.05) is 5.39 Å². The number of rotatable bonds is 0. The molecule has 0 atom stereocenters. The van der Waals surface area contributed by atoms with Gasteiger partial charge in [-0.05, 0) is 12.1 Å². The van der Waals surface area contributed by atoms with Crippen LogP contribution in [0.3, 0.4) is 0 Å². The van der Waals surface area contributed by atoms with Crippen molar-refractivity contribution in [2.24, 2.45) is 0 Å². The molecule has 0 aliphatic heterocycles. The molecule has 0 amide bonds. The number of hydrogen-bond acceptors (Lipinski definition) is 6. The summed E-state index contributed by atoms with van der Waals surface area (Å²) >= 11 is 0. The van der Waals surface area contributed by atoms with Gasteiger partial charge in [-0.25, -0.2) is 0 Å². The lowest BCUT2D eigenvalue weighted by Crippen LogP contribution is -1.81. The van der Waals surface area contributed by atoms with Crippen LogP contribution >= 0.6 is 0 Å². The molecule has 1 aromatic heterocycles. The second-order valence-corrected chi connectivity index (χ2v) is 2.34. The molecule has 2 N–H and O–H groups in total. The number of para-hydroxylation sites is 1. The third kappa shape index (κ3) is 8.11. The summed E-state index contributed by atoms with van der Waals surface area (Å²) in [6, 6.07) is 7.74. The zero-order chi connectivity index (χ0) is 13.3. The molecule has 0 saturated carbocycles. The fourth-order valence-electron chi connectivity index (χ4n) is 0.810. The molecule has 0 fully saturated rings. The van der Waals surface area contributed by atoms with Crippen molar-refractivity contribution in [3.8, 4) is 0 Å². The molecule has 0 unspecified atom stereocenters. The lowest BCUT2D eigenvalue weighted by Gasteiger charge is -1.78. The highest BCUT2D eigenvalue weighted by molar-refractivity contribution is 5.75. The minimum atomic E-state index is -1.50. The van der Waals surface area contributed by atoms with Crippen molar-refractivity contribution in [2.75, 3.05) is 0 Å². The zero-order valence-corrected chi connectivity index (χ0v) is 8.16. The lowest BCUT2D eigenvalue weighted by molar-refractivity contribution is -0.742. The lowest BCUT2D eigenvalue weighted by atomic mass is 10.3. The summed E-state index contributed by atoms with van der Waals surface area (Å²) in [5.41, 5.74) is 0.845. The summed E-state index contributed by atoms with van der Waals surface area (Å²) in [6.07, 6.45) is 1.70. The standard InChI is InChI=1S/C7H5NO.2HNO3/c1-2-4-7-6(3-1)5-8-9-7;2*2-1(3)4/h1-5H;2*(H,2,3,4). The summed E-state index contributed by atoms with van der Waals surface area (Å²) in [5.74, 6) is 0. The Morgan fingerprint density at radius 2 is 1.59 bits per heavy atom. The van der Waals surface area contributed by atoms with Gasteiger partial charge in [-0.15, -0.1) is 20.2 Å². The summed E-state index contributed by atoms with van der Waals surface area (Å²) in [5, 5.41) is 32.0. The molecule has 92 valence electrons. The van der Waals surface area contributed by atoms with E-state index in [9.17, 15) is 0 Å². The van der Waals surface area contributed by atoms with Gasteiger partial charge < -0.3 is 14.9 Å². The Morgan fingerprint density at radius 3 is 2.06 bits per heavy atom. The van der Waals surface area contributed by atoms with Crippen LogP contribution < -0.4 is 0 Å². The molecule has 0 spiro atoms. The molecule has 10 heteroatoms. The van der Waals surface area contributed by atoms with Crippen LogP contribution in [0.2, 0.25) is 0 Å². The molecular formula is C7H7N3O7. The Hall–Kier alpha value is -2.91. The maximum atomic E-state index is 8.36. The van der Waals surface area contributed by atoms with Crippen molar-refractivity contribution in [1.82, 2.24) is 5.16 Å². The molecule has 0 radical (unpaired) electrons. The fourth-order valence-corrected chi connectivity index (χ4v) is 0.810. The first-order valence-corrected chi connectivity index (χ1v) is 3.89. The Bertz CT molecular complexity index is 433. The van der Waals surface area contributed by atoms with Gasteiger partial charge in [0.1, 0.15) is 0 Å². The van der Waals surface area contributed by atoms with E-state index in [2.05, 4.69) is 5.16 Å². The minimum absolute atomic E-state index is 0.845. The third-order valence-electron chi connectivity index (χ3n) is 1.26. The monoisotopic (exact) mass is 245 g/mol. The van der Waals surface area contributed by atoms with Crippen molar-refractivity contribution in [3.63, 3.8) is 0 Å². The van der Waals surface area contributed by atoms with Crippen LogP contribution in [0.5, 0.6) is 0 Å². The molecule has 2 aromatic rings. The van der Waals surface area contributed by atoms with Gasteiger partial charge in [-0.1, -0.05) is 17.3 Å². The van der Waals surface area contributed by atoms with Crippen LogP contribution in [0.15, 0.2) is 35.0 Å². The third-order valence-corrected chi connectivity index (χ3v) is 1.26. The van der Waals surface area contributed by atoms with E-state index in [0.717, 1.165) is 11.0 Å². The van der Waals surface area contributed by atoms with Gasteiger partial charge in [-0.2, -0.15) is 0 Å². The average molecular weight is 245 g/mol. The van der Waals surface area contributed by atoms with E-state index in [0.29, 0.717) is 0 Å². The Balaban J connectivity index is 0.000000274. The van der Waals surface area contributed by atoms with Crippen LogP contribution in [0.1, 0.15) is 0 Å². The number of hydrogen-bond donors (Lipinski definition) is 2. The van der Waals surface area contributed by atoms with Crippen molar-refractivity contribution >= 4 is 11.0 Å². The average Bonchev–Trinajstić information content (AvgIpc) is 2.62. The predicted octanol–water partition coefficient (Wildman–Crippen LogP) is 1.13. The number of benzene rings is 1. The maximum absolute atomic E-state index is 8.36. The van der Waals surface area contributed by atoms with E-state index >= 15 is 0 Å². The van der Waals surface area contributed by atoms with Crippen LogP contribution in [-0.2, 0) is 0 Å². The van der Waals surface area contributed by atoms with Gasteiger partial charge in [0.2, 0.25) is 0 Å². The minimum Gasteiger partial charge on any atom is -0.356 e. The Kier molecular flexibility index (Phi) is 6.13. The maximum Gasteiger partial charge on any atom is 0.291 e. The molecule has 10 nitrogen and oxygen atoms in total. The highest BCUT2D eigenvalue weighted by atomic mass is 16.9. The second-order valence-electron chi connectivity index (χ2n) is 2.34. The van der Waals surface area contributed by atoms with E-state index in [1.54, 1.807) is 6.20 Å². The van der Waals surface area contributed by atoms with Gasteiger partial charge >= 0.3 is 0 Å². The molecule has 0 aliphatic carbocycles. The molecule has 1 aromatic carbocycles. The van der Waals surface area contributed by atoms with Crippen LogP contribution in [0.25, 0.3) is 11.0 Å². The zero-order valence-electron chi connectivity index (χ0n) is 8.16. The highest BCUT2D eigenvalue weighted by Gasteiger charge is 1.91. The normalized spacial score (nSPS) is 8.24. The molecular weight excluding hydrogens is 238 g/mol. The van der Waals surface area contributed by atoms with Crippen LogP contribution in [0.4, 0.5) is 0 Å². The number of aromatic nitrogens is 1. The van der Waals surface area contributed by atoms with Gasteiger partial charge in [0.15, 0.2) is 5.58 Å². The first kappa shape index (κ1) is 14.1. The van der Waals surface area contributed by atoms with E-state index in [1.165, 1.54) is 0 Å². The molecule has 17 heavy (non-hydrogen) atoms. The topological polar surface area (TPSA) is 153 Å². The largest absolute Gasteiger partial charge is 0.356 e.